The molecule has 10 heteroatoms. The number of benzene rings is 2. The van der Waals surface area contributed by atoms with Crippen LogP contribution in [0.15, 0.2) is 42.5 Å². The number of esters is 1. The average Bonchev–Trinajstić information content (AvgIpc) is 3.12. The third kappa shape index (κ3) is 4.92. The number of methoxy groups -OCH3 is 3. The minimum atomic E-state index is -0.472. The van der Waals surface area contributed by atoms with Crippen LogP contribution >= 0.6 is 23.6 Å². The lowest BCUT2D eigenvalue weighted by molar-refractivity contribution is 0.0600. The van der Waals surface area contributed by atoms with Crippen LogP contribution in [0.2, 0.25) is 0 Å². The average molecular weight is 474 g/mol. The molecule has 0 spiro atoms. The first-order valence-electron chi connectivity index (χ1n) is 9.58. The van der Waals surface area contributed by atoms with Crippen LogP contribution in [-0.4, -0.2) is 44.3 Å². The highest BCUT2D eigenvalue weighted by atomic mass is 32.1. The Morgan fingerprint density at radius 2 is 1.84 bits per heavy atom. The standard InChI is InChI=1S/C22H23N3O5S2/c1-28-16-8-7-13(11-17(16)29-2)9-10-24-20(26)18-19(23)25(22(31)32-18)15-6-4-5-14(12-15)21(27)30-3/h4-8,11-12H,9-10,23H2,1-3H3,(H,24,26). The van der Waals surface area contributed by atoms with E-state index in [-0.39, 0.29) is 11.7 Å². The molecule has 168 valence electrons. The van der Waals surface area contributed by atoms with Crippen molar-refractivity contribution in [3.63, 3.8) is 0 Å². The molecule has 8 nitrogen and oxygen atoms in total. The molecule has 0 atom stereocenters. The Kier molecular flexibility index (Phi) is 7.49. The molecule has 1 amide bonds. The Hall–Kier alpha value is -3.37. The molecule has 32 heavy (non-hydrogen) atoms. The number of carbonyl (C=O) groups excluding carboxylic acids is 2. The lowest BCUT2D eigenvalue weighted by Gasteiger charge is -2.10. The van der Waals surface area contributed by atoms with Crippen LogP contribution in [0.3, 0.4) is 0 Å². The number of nitrogens with two attached hydrogens (primary N) is 1. The van der Waals surface area contributed by atoms with Crippen molar-refractivity contribution >= 4 is 41.2 Å². The van der Waals surface area contributed by atoms with Gasteiger partial charge >= 0.3 is 5.97 Å². The summed E-state index contributed by atoms with van der Waals surface area (Å²) < 4.78 is 17.3. The Morgan fingerprint density at radius 1 is 1.09 bits per heavy atom. The minimum absolute atomic E-state index is 0.214. The van der Waals surface area contributed by atoms with Gasteiger partial charge in [-0.1, -0.05) is 23.5 Å². The molecule has 2 aromatic carbocycles. The summed E-state index contributed by atoms with van der Waals surface area (Å²) in [5.41, 5.74) is 8.17. The molecule has 0 radical (unpaired) electrons. The number of thiazole rings is 1. The van der Waals surface area contributed by atoms with Gasteiger partial charge in [0.15, 0.2) is 15.5 Å². The maximum Gasteiger partial charge on any atom is 0.337 e. The fourth-order valence-electron chi connectivity index (χ4n) is 3.12. The molecular formula is C22H23N3O5S2. The molecule has 0 unspecified atom stereocenters. The van der Waals surface area contributed by atoms with Gasteiger partial charge in [-0.25, -0.2) is 4.79 Å². The molecule has 0 aliphatic carbocycles. The fraction of sp³-hybridized carbons (Fsp3) is 0.227. The summed E-state index contributed by atoms with van der Waals surface area (Å²) in [5.74, 6) is 0.697. The highest BCUT2D eigenvalue weighted by Gasteiger charge is 2.19. The van der Waals surface area contributed by atoms with Crippen molar-refractivity contribution in [2.24, 2.45) is 0 Å². The summed E-state index contributed by atoms with van der Waals surface area (Å²) in [6.45, 7) is 0.399. The second kappa shape index (κ2) is 10.3. The lowest BCUT2D eigenvalue weighted by Crippen LogP contribution is -2.26. The Balaban J connectivity index is 1.74. The third-order valence-electron chi connectivity index (χ3n) is 4.72. The molecule has 1 heterocycles. The molecular weight excluding hydrogens is 450 g/mol. The Bertz CT molecular complexity index is 1200. The van der Waals surface area contributed by atoms with Gasteiger partial charge in [0, 0.05) is 6.54 Å². The molecule has 0 fully saturated rings. The van der Waals surface area contributed by atoms with Crippen LogP contribution in [-0.2, 0) is 11.2 Å². The van der Waals surface area contributed by atoms with Crippen LogP contribution in [0.1, 0.15) is 25.6 Å². The smallest absolute Gasteiger partial charge is 0.337 e. The van der Waals surface area contributed by atoms with Crippen LogP contribution in [0, 0.1) is 3.95 Å². The van der Waals surface area contributed by atoms with Gasteiger partial charge in [-0.15, -0.1) is 0 Å². The van der Waals surface area contributed by atoms with Crippen molar-refractivity contribution < 1.29 is 23.8 Å². The van der Waals surface area contributed by atoms with E-state index in [9.17, 15) is 9.59 Å². The van der Waals surface area contributed by atoms with Crippen molar-refractivity contribution in [2.75, 3.05) is 33.6 Å². The van der Waals surface area contributed by atoms with Crippen LogP contribution in [0.4, 0.5) is 5.82 Å². The van der Waals surface area contributed by atoms with Crippen molar-refractivity contribution in [3.05, 3.63) is 62.4 Å². The second-order valence-electron chi connectivity index (χ2n) is 6.65. The molecule has 0 saturated heterocycles. The van der Waals surface area contributed by atoms with E-state index in [4.69, 9.17) is 32.2 Å². The molecule has 0 aliphatic rings. The van der Waals surface area contributed by atoms with Gasteiger partial charge in [0.2, 0.25) is 0 Å². The maximum atomic E-state index is 12.7. The third-order valence-corrected chi connectivity index (χ3v) is 6.11. The zero-order chi connectivity index (χ0) is 23.3. The number of rotatable bonds is 8. The first kappa shape index (κ1) is 23.3. The maximum absolute atomic E-state index is 12.7. The predicted molar refractivity (Wildman–Crippen MR) is 126 cm³/mol. The van der Waals surface area contributed by atoms with Gasteiger partial charge in [-0.3, -0.25) is 9.36 Å². The summed E-state index contributed by atoms with van der Waals surface area (Å²) >= 11 is 6.53. The predicted octanol–water partition coefficient (Wildman–Crippen LogP) is 3.63. The fourth-order valence-corrected chi connectivity index (χ4v) is 4.40. The van der Waals surface area contributed by atoms with E-state index in [1.54, 1.807) is 43.1 Å². The van der Waals surface area contributed by atoms with Crippen molar-refractivity contribution in [2.45, 2.75) is 6.42 Å². The first-order chi connectivity index (χ1) is 15.4. The molecule has 0 saturated carbocycles. The highest BCUT2D eigenvalue weighted by Crippen LogP contribution is 2.28. The highest BCUT2D eigenvalue weighted by molar-refractivity contribution is 7.73. The monoisotopic (exact) mass is 473 g/mol. The van der Waals surface area contributed by atoms with Gasteiger partial charge < -0.3 is 25.3 Å². The van der Waals surface area contributed by atoms with Crippen LogP contribution < -0.4 is 20.5 Å². The number of ether oxygens (including phenoxy) is 3. The van der Waals surface area contributed by atoms with E-state index >= 15 is 0 Å². The number of aromatic nitrogens is 1. The normalized spacial score (nSPS) is 10.5. The number of nitrogen functional groups attached to an aromatic ring is 1. The summed E-state index contributed by atoms with van der Waals surface area (Å²) in [6, 6.07) is 12.3. The summed E-state index contributed by atoms with van der Waals surface area (Å²) in [6.07, 6.45) is 0.597. The van der Waals surface area contributed by atoms with E-state index < -0.39 is 5.97 Å². The van der Waals surface area contributed by atoms with Gasteiger partial charge in [-0.05, 0) is 54.5 Å². The molecule has 3 rings (SSSR count). The number of hydrogen-bond donors (Lipinski definition) is 2. The Labute approximate surface area is 194 Å². The number of amides is 1. The largest absolute Gasteiger partial charge is 0.493 e. The number of carbonyl (C=O) groups is 2. The first-order valence-corrected chi connectivity index (χ1v) is 10.8. The summed E-state index contributed by atoms with van der Waals surface area (Å²) in [4.78, 5) is 24.9. The minimum Gasteiger partial charge on any atom is -0.493 e. The summed E-state index contributed by atoms with van der Waals surface area (Å²) in [7, 11) is 4.46. The number of anilines is 1. The molecule has 3 N–H and O–H groups in total. The Morgan fingerprint density at radius 3 is 2.53 bits per heavy atom. The van der Waals surface area contributed by atoms with Crippen LogP contribution in [0.5, 0.6) is 11.5 Å². The lowest BCUT2D eigenvalue weighted by atomic mass is 10.1. The van der Waals surface area contributed by atoms with Gasteiger partial charge in [0.05, 0.1) is 32.6 Å². The van der Waals surface area contributed by atoms with Crippen molar-refractivity contribution in [1.82, 2.24) is 9.88 Å². The van der Waals surface area contributed by atoms with E-state index in [0.29, 0.717) is 44.5 Å². The van der Waals surface area contributed by atoms with Crippen LogP contribution in [0.25, 0.3) is 5.69 Å². The quantitative estimate of drug-likeness (QED) is 0.380. The molecule has 0 aliphatic heterocycles. The number of nitrogens with one attached hydrogen (secondary N) is 1. The van der Waals surface area contributed by atoms with Crippen molar-refractivity contribution in [1.29, 1.82) is 0 Å². The van der Waals surface area contributed by atoms with E-state index in [0.717, 1.165) is 16.9 Å². The second-order valence-corrected chi connectivity index (χ2v) is 8.30. The zero-order valence-corrected chi connectivity index (χ0v) is 19.5. The topological polar surface area (TPSA) is 105 Å². The summed E-state index contributed by atoms with van der Waals surface area (Å²) in [5, 5.41) is 2.87. The van der Waals surface area contributed by atoms with E-state index in [1.807, 2.05) is 18.2 Å². The van der Waals surface area contributed by atoms with Gasteiger partial charge in [-0.2, -0.15) is 0 Å². The van der Waals surface area contributed by atoms with E-state index in [1.165, 1.54) is 7.11 Å². The molecule has 1 aromatic heterocycles. The van der Waals surface area contributed by atoms with Gasteiger partial charge in [0.25, 0.3) is 5.91 Å². The molecule has 0 bridgehead atoms. The van der Waals surface area contributed by atoms with Crippen molar-refractivity contribution in [3.8, 4) is 17.2 Å². The molecule has 3 aromatic rings. The SMILES string of the molecule is COC(=O)c1cccc(-n2c(N)c(C(=O)NCCc3ccc(OC)c(OC)c3)sc2=S)c1. The number of hydrogen-bond acceptors (Lipinski definition) is 8. The van der Waals surface area contributed by atoms with E-state index in [2.05, 4.69) is 5.32 Å². The van der Waals surface area contributed by atoms with Gasteiger partial charge in [0.1, 0.15) is 10.7 Å². The zero-order valence-electron chi connectivity index (χ0n) is 17.8. The number of nitrogens with zero attached hydrogens (tertiary/aromatic N) is 1.